The van der Waals surface area contributed by atoms with Crippen LogP contribution in [0, 0.1) is 12.8 Å². The number of nitrogens with two attached hydrogens (primary N) is 2. The molecule has 0 unspecified atom stereocenters. The fraction of sp³-hybridized carbons (Fsp3) is 0.145. The van der Waals surface area contributed by atoms with Gasteiger partial charge in [-0.25, -0.2) is 19.9 Å². The highest BCUT2D eigenvalue weighted by Gasteiger charge is 2.31. The number of anilines is 4. The van der Waals surface area contributed by atoms with Gasteiger partial charge >= 0.3 is 0 Å². The van der Waals surface area contributed by atoms with Crippen LogP contribution in [0.2, 0.25) is 0 Å². The summed E-state index contributed by atoms with van der Waals surface area (Å²) in [6.45, 7) is 12.2. The lowest BCUT2D eigenvalue weighted by Gasteiger charge is -2.41. The number of aromatic nitrogens is 7. The van der Waals surface area contributed by atoms with Crippen LogP contribution in [0.3, 0.4) is 0 Å². The van der Waals surface area contributed by atoms with E-state index in [9.17, 15) is 9.59 Å². The van der Waals surface area contributed by atoms with Crippen molar-refractivity contribution < 1.29 is 28.5 Å². The summed E-state index contributed by atoms with van der Waals surface area (Å²) in [6, 6.07) is 42.1. The molecule has 0 radical (unpaired) electrons. The van der Waals surface area contributed by atoms with Crippen LogP contribution in [-0.2, 0) is 16.0 Å². The Morgan fingerprint density at radius 1 is 0.688 bits per heavy atom. The van der Waals surface area contributed by atoms with Crippen molar-refractivity contribution in [1.29, 1.82) is 0 Å². The molecule has 0 saturated carbocycles. The maximum absolute atomic E-state index is 13.5. The fourth-order valence-electron chi connectivity index (χ4n) is 10.3. The van der Waals surface area contributed by atoms with Crippen molar-refractivity contribution in [3.8, 4) is 79.5 Å². The van der Waals surface area contributed by atoms with Gasteiger partial charge in [0.2, 0.25) is 35.3 Å². The molecule has 1 saturated heterocycles. The van der Waals surface area contributed by atoms with E-state index in [-0.39, 0.29) is 17.7 Å². The number of hydrogen-bond acceptors (Lipinski definition) is 14. The molecule has 0 aliphatic carbocycles. The largest absolute Gasteiger partial charge is 0.481 e. The van der Waals surface area contributed by atoms with Crippen molar-refractivity contribution in [3.05, 3.63) is 189 Å². The number of amides is 2. The number of likely N-dealkylation sites (tertiary alicyclic amines) is 1. The Morgan fingerprint density at radius 3 is 1.89 bits per heavy atom. The van der Waals surface area contributed by atoms with E-state index in [0.29, 0.717) is 76.3 Å². The number of hydrogen-bond donors (Lipinski definition) is 3. The molecule has 1 fully saturated rings. The van der Waals surface area contributed by atoms with E-state index in [1.54, 1.807) is 29.8 Å². The van der Waals surface area contributed by atoms with Gasteiger partial charge in [-0.2, -0.15) is 9.61 Å². The third-order valence-electron chi connectivity index (χ3n) is 14.0. The van der Waals surface area contributed by atoms with Crippen molar-refractivity contribution in [3.63, 3.8) is 0 Å². The lowest BCUT2D eigenvalue weighted by Crippen LogP contribution is -2.52. The van der Waals surface area contributed by atoms with Gasteiger partial charge in [-0.05, 0) is 102 Å². The summed E-state index contributed by atoms with van der Waals surface area (Å²) in [7, 11) is 3.21. The molecule has 7 heterocycles. The highest BCUT2D eigenvalue weighted by atomic mass is 16.5. The van der Waals surface area contributed by atoms with Gasteiger partial charge in [0.15, 0.2) is 5.82 Å². The van der Waals surface area contributed by atoms with Gasteiger partial charge in [0, 0.05) is 96.9 Å². The third-order valence-corrected chi connectivity index (χ3v) is 14.0. The zero-order valence-corrected chi connectivity index (χ0v) is 44.2. The monoisotopic (exact) mass is 1060 g/mol. The smallest absolute Gasteiger partial charge is 0.250 e. The molecule has 6 aromatic heterocycles. The minimum atomic E-state index is -0.299. The van der Waals surface area contributed by atoms with E-state index in [1.165, 1.54) is 18.5 Å². The molecule has 0 spiro atoms. The van der Waals surface area contributed by atoms with Crippen LogP contribution in [0.1, 0.15) is 11.4 Å². The lowest BCUT2D eigenvalue weighted by atomic mass is 9.96. The molecule has 11 rings (SSSR count). The third kappa shape index (κ3) is 10.3. The number of aryl methyl sites for hydroxylation is 1. The Bertz CT molecular complexity index is 3950. The maximum atomic E-state index is 13.5. The average molecular weight is 1070 g/mol. The molecular weight excluding hydrogens is 1010 g/mol. The van der Waals surface area contributed by atoms with Crippen LogP contribution in [-0.4, -0.2) is 91.1 Å². The molecule has 400 valence electrons. The Kier molecular flexibility index (Phi) is 14.4. The number of carbonyl (C=O) groups is 2. The summed E-state index contributed by atoms with van der Waals surface area (Å²) in [4.78, 5) is 47.7. The van der Waals surface area contributed by atoms with Crippen molar-refractivity contribution >= 4 is 45.9 Å². The van der Waals surface area contributed by atoms with Gasteiger partial charge in [0.25, 0.3) is 0 Å². The van der Waals surface area contributed by atoms with E-state index >= 15 is 0 Å². The van der Waals surface area contributed by atoms with Crippen molar-refractivity contribution in [1.82, 2.24) is 38.9 Å². The predicted octanol–water partition coefficient (Wildman–Crippen LogP) is 10.7. The first kappa shape index (κ1) is 51.8. The number of rotatable bonds is 19. The molecule has 2 amide bonds. The molecule has 0 atom stereocenters. The van der Waals surface area contributed by atoms with E-state index in [1.807, 2.05) is 151 Å². The molecule has 4 aromatic carbocycles. The van der Waals surface area contributed by atoms with E-state index in [0.717, 1.165) is 81.2 Å². The summed E-state index contributed by atoms with van der Waals surface area (Å²) in [5.74, 6) is 3.67. The second kappa shape index (κ2) is 22.3. The second-order valence-electron chi connectivity index (χ2n) is 19.1. The van der Waals surface area contributed by atoms with E-state index in [4.69, 9.17) is 35.4 Å². The summed E-state index contributed by atoms with van der Waals surface area (Å²) < 4.78 is 27.9. The normalized spacial score (nSPS) is 12.4. The van der Waals surface area contributed by atoms with Crippen molar-refractivity contribution in [2.45, 2.75) is 13.3 Å². The molecule has 0 bridgehead atoms. The Morgan fingerprint density at radius 2 is 1.26 bits per heavy atom. The topological polar surface area (TPSA) is 215 Å². The molecule has 18 nitrogen and oxygen atoms in total. The summed E-state index contributed by atoms with van der Waals surface area (Å²) in [6.07, 6.45) is 8.14. The zero-order valence-electron chi connectivity index (χ0n) is 44.2. The maximum Gasteiger partial charge on any atom is 0.250 e. The van der Waals surface area contributed by atoms with Crippen molar-refractivity contribution in [2.24, 2.45) is 5.92 Å². The number of methoxy groups -OCH3 is 2. The number of benzene rings is 4. The Labute approximate surface area is 461 Å². The molecule has 10 aromatic rings. The van der Waals surface area contributed by atoms with Gasteiger partial charge < -0.3 is 45.5 Å². The van der Waals surface area contributed by atoms with Crippen LogP contribution in [0.25, 0.3) is 55.5 Å². The number of carbonyl (C=O) groups excluding carboxylic acids is 2. The average Bonchev–Trinajstić information content (AvgIpc) is 4.08. The minimum Gasteiger partial charge on any atom is -0.481 e. The molecule has 1 aliphatic rings. The van der Waals surface area contributed by atoms with Gasteiger partial charge in [-0.3, -0.25) is 14.0 Å². The fourth-order valence-corrected chi connectivity index (χ4v) is 10.3. The molecule has 1 aliphatic heterocycles. The number of pyridine rings is 2. The molecule has 18 heteroatoms. The Balaban J connectivity index is 0.745. The Hall–Kier alpha value is -10.3. The van der Waals surface area contributed by atoms with Crippen LogP contribution in [0.5, 0.6) is 35.0 Å². The second-order valence-corrected chi connectivity index (χ2v) is 19.1. The van der Waals surface area contributed by atoms with Crippen molar-refractivity contribution in [2.75, 3.05) is 62.1 Å². The molecule has 5 N–H and O–H groups in total. The number of fused-ring (bicyclic) bond motifs is 2. The summed E-state index contributed by atoms with van der Waals surface area (Å²) >= 11 is 0. The number of nitrogens with zero attached hydrogens (tertiary/aromatic N) is 9. The number of nitrogen functional groups attached to an aromatic ring is 2. The standard InChI is InChI=1S/C62H56N12O6/c1-6-49(75)69-45-22-14-42(15-23-45)55-53(57-59(63)65-31-33-72(57)61(55)77-4)40-18-26-48(27-19-40)80-51-13-9-11-44(70-51)30-32-71-34-39(35-71)36-73(52(76)7-2)46-24-16-43(17-25-46)56-54(58-60(64)66-37-67-74(58)62(56)78-5)41-20-28-47(29-21-41)79-50-12-8-10-38(3)68-50/h6-29,31,33,37,39H,1-2,30,32,34-36H2,3-5H3,(H2,63,65)(H,69,75)(H2,64,66,67). The van der Waals surface area contributed by atoms with Gasteiger partial charge in [-0.15, -0.1) is 0 Å². The summed E-state index contributed by atoms with van der Waals surface area (Å²) in [5.41, 5.74) is 24.1. The molecular formula is C62H56N12O6. The van der Waals surface area contributed by atoms with Gasteiger partial charge in [0.05, 0.1) is 30.9 Å². The molecule has 80 heavy (non-hydrogen) atoms. The van der Waals surface area contributed by atoms with Crippen LogP contribution < -0.4 is 40.6 Å². The first-order valence-corrected chi connectivity index (χ1v) is 25.8. The first-order chi connectivity index (χ1) is 39.0. The van der Waals surface area contributed by atoms with Crippen LogP contribution >= 0.6 is 0 Å². The highest BCUT2D eigenvalue weighted by Crippen LogP contribution is 2.48. The van der Waals surface area contributed by atoms with Gasteiger partial charge in [0.1, 0.15) is 29.2 Å². The first-order valence-electron chi connectivity index (χ1n) is 25.8. The number of ether oxygens (including phenoxy) is 4. The zero-order chi connectivity index (χ0) is 55.4. The predicted molar refractivity (Wildman–Crippen MR) is 310 cm³/mol. The number of nitrogens with one attached hydrogen (secondary N) is 1. The summed E-state index contributed by atoms with van der Waals surface area (Å²) in [5, 5.41) is 7.32. The van der Waals surface area contributed by atoms with Crippen LogP contribution in [0.15, 0.2) is 177 Å². The van der Waals surface area contributed by atoms with Crippen LogP contribution in [0.4, 0.5) is 23.0 Å². The SMILES string of the molecule is C=CC(=O)Nc1ccc(-c2c(-c3ccc(Oc4cccc(CCN5CC(CN(C(=O)C=C)c6ccc(-c7c(-c8ccc(Oc9cccc(C)n9)cc8)c8c(N)ncnn8c7OC)cc6)C5)n4)cc3)c3c(N)nccn3c2OC)cc1. The highest BCUT2D eigenvalue weighted by molar-refractivity contribution is 6.04. The lowest BCUT2D eigenvalue weighted by molar-refractivity contribution is -0.114. The van der Waals surface area contributed by atoms with E-state index in [2.05, 4.69) is 43.4 Å². The quantitative estimate of drug-likeness (QED) is 0.0643. The van der Waals surface area contributed by atoms with Gasteiger partial charge in [-0.1, -0.05) is 73.8 Å². The minimum absolute atomic E-state index is 0.185. The van der Waals surface area contributed by atoms with E-state index < -0.39 is 0 Å².